The third-order valence-electron chi connectivity index (χ3n) is 4.76. The molecule has 0 heterocycles. The summed E-state index contributed by atoms with van der Waals surface area (Å²) in [7, 11) is 0. The molecule has 2 saturated carbocycles. The first-order valence-electron chi connectivity index (χ1n) is 6.51. The first kappa shape index (κ1) is 11.4. The smallest absolute Gasteiger partial charge is 0.0496 e. The maximum Gasteiger partial charge on any atom is 0.0496 e. The van der Waals surface area contributed by atoms with E-state index < -0.39 is 0 Å². The SMILES string of the molecule is CCC(C)(CO)CNC1CC2CCC1C2. The third-order valence-corrected chi connectivity index (χ3v) is 4.76. The number of fused-ring (bicyclic) bond motifs is 2. The Morgan fingerprint density at radius 1 is 1.33 bits per heavy atom. The zero-order valence-electron chi connectivity index (χ0n) is 10.1. The van der Waals surface area contributed by atoms with Crippen molar-refractivity contribution in [3.8, 4) is 0 Å². The van der Waals surface area contributed by atoms with Crippen LogP contribution in [-0.4, -0.2) is 24.3 Å². The molecule has 0 spiro atoms. The van der Waals surface area contributed by atoms with Gasteiger partial charge >= 0.3 is 0 Å². The fraction of sp³-hybridized carbons (Fsp3) is 1.00. The van der Waals surface area contributed by atoms with E-state index in [0.717, 1.165) is 30.8 Å². The van der Waals surface area contributed by atoms with Crippen molar-refractivity contribution >= 4 is 0 Å². The maximum atomic E-state index is 9.35. The van der Waals surface area contributed by atoms with Crippen LogP contribution in [0, 0.1) is 17.3 Å². The Morgan fingerprint density at radius 3 is 2.60 bits per heavy atom. The summed E-state index contributed by atoms with van der Waals surface area (Å²) in [6.07, 6.45) is 6.80. The van der Waals surface area contributed by atoms with Gasteiger partial charge in [-0.05, 0) is 37.5 Å². The third kappa shape index (κ3) is 2.36. The molecule has 2 nitrogen and oxygen atoms in total. The summed E-state index contributed by atoms with van der Waals surface area (Å²) in [6.45, 7) is 5.62. The minimum atomic E-state index is 0.0852. The molecule has 2 N–H and O–H groups in total. The molecule has 0 aromatic heterocycles. The Labute approximate surface area is 93.5 Å². The van der Waals surface area contributed by atoms with Crippen LogP contribution in [0.4, 0.5) is 0 Å². The van der Waals surface area contributed by atoms with Crippen molar-refractivity contribution in [2.24, 2.45) is 17.3 Å². The lowest BCUT2D eigenvalue weighted by atomic mass is 9.87. The Hall–Kier alpha value is -0.0800. The first-order chi connectivity index (χ1) is 7.17. The highest BCUT2D eigenvalue weighted by Gasteiger charge is 2.39. The number of aliphatic hydroxyl groups is 1. The molecule has 0 amide bonds. The van der Waals surface area contributed by atoms with E-state index in [1.165, 1.54) is 25.7 Å². The molecule has 2 heteroatoms. The van der Waals surface area contributed by atoms with Gasteiger partial charge in [-0.3, -0.25) is 0 Å². The van der Waals surface area contributed by atoms with Crippen molar-refractivity contribution in [2.75, 3.05) is 13.2 Å². The fourth-order valence-electron chi connectivity index (χ4n) is 3.16. The van der Waals surface area contributed by atoms with E-state index in [9.17, 15) is 5.11 Å². The summed E-state index contributed by atoms with van der Waals surface area (Å²) in [6, 6.07) is 0.751. The van der Waals surface area contributed by atoms with Crippen molar-refractivity contribution in [1.82, 2.24) is 5.32 Å². The number of nitrogens with one attached hydrogen (secondary N) is 1. The molecule has 0 radical (unpaired) electrons. The van der Waals surface area contributed by atoms with Crippen molar-refractivity contribution in [1.29, 1.82) is 0 Å². The van der Waals surface area contributed by atoms with Crippen molar-refractivity contribution < 1.29 is 5.11 Å². The minimum Gasteiger partial charge on any atom is -0.396 e. The van der Waals surface area contributed by atoms with Crippen LogP contribution in [-0.2, 0) is 0 Å². The van der Waals surface area contributed by atoms with Crippen LogP contribution in [0.25, 0.3) is 0 Å². The lowest BCUT2D eigenvalue weighted by Crippen LogP contribution is -2.42. The first-order valence-corrected chi connectivity index (χ1v) is 6.51. The summed E-state index contributed by atoms with van der Waals surface area (Å²) in [4.78, 5) is 0. The number of aliphatic hydroxyl groups excluding tert-OH is 1. The van der Waals surface area contributed by atoms with Crippen LogP contribution >= 0.6 is 0 Å². The number of hydrogen-bond donors (Lipinski definition) is 2. The van der Waals surface area contributed by atoms with E-state index in [1.54, 1.807) is 0 Å². The van der Waals surface area contributed by atoms with Gasteiger partial charge in [0.25, 0.3) is 0 Å². The van der Waals surface area contributed by atoms with Gasteiger partial charge in [-0.2, -0.15) is 0 Å². The summed E-state index contributed by atoms with van der Waals surface area (Å²) >= 11 is 0. The summed E-state index contributed by atoms with van der Waals surface area (Å²) in [5, 5.41) is 13.0. The Kier molecular flexibility index (Phi) is 3.36. The second-order valence-electron chi connectivity index (χ2n) is 5.98. The van der Waals surface area contributed by atoms with Crippen molar-refractivity contribution in [3.05, 3.63) is 0 Å². The molecule has 2 rings (SSSR count). The minimum absolute atomic E-state index is 0.0852. The molecule has 0 saturated heterocycles. The molecule has 2 aliphatic rings. The van der Waals surface area contributed by atoms with Crippen LogP contribution in [0.2, 0.25) is 0 Å². The van der Waals surface area contributed by atoms with Crippen LogP contribution in [0.5, 0.6) is 0 Å². The van der Waals surface area contributed by atoms with Gasteiger partial charge in [0.1, 0.15) is 0 Å². The van der Waals surface area contributed by atoms with Gasteiger partial charge in [0.15, 0.2) is 0 Å². The molecule has 0 aliphatic heterocycles. The molecule has 2 fully saturated rings. The van der Waals surface area contributed by atoms with Crippen LogP contribution in [0.15, 0.2) is 0 Å². The Bertz CT molecular complexity index is 213. The van der Waals surface area contributed by atoms with Gasteiger partial charge in [-0.15, -0.1) is 0 Å². The quantitative estimate of drug-likeness (QED) is 0.730. The second-order valence-corrected chi connectivity index (χ2v) is 5.98. The standard InChI is InChI=1S/C13H25NO/c1-3-13(2,9-15)8-14-12-7-10-4-5-11(12)6-10/h10-12,14-15H,3-9H2,1-2H3. The predicted octanol–water partition coefficient (Wildman–Crippen LogP) is 2.17. The highest BCUT2D eigenvalue weighted by Crippen LogP contribution is 2.44. The van der Waals surface area contributed by atoms with Gasteiger partial charge in [0.2, 0.25) is 0 Å². The van der Waals surface area contributed by atoms with E-state index in [-0.39, 0.29) is 5.41 Å². The molecular weight excluding hydrogens is 186 g/mol. The molecule has 4 unspecified atom stereocenters. The molecule has 15 heavy (non-hydrogen) atoms. The van der Waals surface area contributed by atoms with E-state index in [4.69, 9.17) is 0 Å². The van der Waals surface area contributed by atoms with Crippen LogP contribution < -0.4 is 5.32 Å². The summed E-state index contributed by atoms with van der Waals surface area (Å²) in [5.41, 5.74) is 0.0852. The Balaban J connectivity index is 1.78. The predicted molar refractivity (Wildman–Crippen MR) is 62.7 cm³/mol. The van der Waals surface area contributed by atoms with Crippen LogP contribution in [0.3, 0.4) is 0 Å². The lowest BCUT2D eigenvalue weighted by molar-refractivity contribution is 0.128. The van der Waals surface area contributed by atoms with Crippen molar-refractivity contribution in [2.45, 2.75) is 52.0 Å². The average Bonchev–Trinajstić information content (AvgIpc) is 2.87. The summed E-state index contributed by atoms with van der Waals surface area (Å²) < 4.78 is 0. The van der Waals surface area contributed by atoms with Gasteiger partial charge in [0, 0.05) is 24.6 Å². The zero-order valence-corrected chi connectivity index (χ0v) is 10.1. The monoisotopic (exact) mass is 211 g/mol. The molecule has 4 atom stereocenters. The highest BCUT2D eigenvalue weighted by molar-refractivity contribution is 4.94. The lowest BCUT2D eigenvalue weighted by Gasteiger charge is -2.31. The van der Waals surface area contributed by atoms with Crippen molar-refractivity contribution in [3.63, 3.8) is 0 Å². The van der Waals surface area contributed by atoms with Crippen LogP contribution in [0.1, 0.15) is 46.0 Å². The van der Waals surface area contributed by atoms with E-state index in [0.29, 0.717) is 6.61 Å². The topological polar surface area (TPSA) is 32.3 Å². The second kappa shape index (κ2) is 4.42. The van der Waals surface area contributed by atoms with Gasteiger partial charge < -0.3 is 10.4 Å². The molecular formula is C13H25NO. The molecule has 0 aromatic carbocycles. The zero-order chi connectivity index (χ0) is 10.9. The largest absolute Gasteiger partial charge is 0.396 e. The fourth-order valence-corrected chi connectivity index (χ4v) is 3.16. The number of rotatable bonds is 5. The molecule has 88 valence electrons. The molecule has 2 aliphatic carbocycles. The highest BCUT2D eigenvalue weighted by atomic mass is 16.3. The van der Waals surface area contributed by atoms with E-state index >= 15 is 0 Å². The van der Waals surface area contributed by atoms with Gasteiger partial charge in [0.05, 0.1) is 0 Å². The van der Waals surface area contributed by atoms with Gasteiger partial charge in [-0.1, -0.05) is 20.3 Å². The maximum absolute atomic E-state index is 9.35. The number of hydrogen-bond acceptors (Lipinski definition) is 2. The average molecular weight is 211 g/mol. The van der Waals surface area contributed by atoms with E-state index in [2.05, 4.69) is 19.2 Å². The van der Waals surface area contributed by atoms with E-state index in [1.807, 2.05) is 0 Å². The Morgan fingerprint density at radius 2 is 2.13 bits per heavy atom. The normalized spacial score (nSPS) is 38.2. The molecule has 0 aromatic rings. The summed E-state index contributed by atoms with van der Waals surface area (Å²) in [5.74, 6) is 1.95. The van der Waals surface area contributed by atoms with Gasteiger partial charge in [-0.25, -0.2) is 0 Å². The molecule has 2 bridgehead atoms.